The van der Waals surface area contributed by atoms with Gasteiger partial charge in [-0.25, -0.2) is 5.32 Å². The molecule has 2 amide bonds. The number of carbonyl (C=O) groups excluding carboxylic acids is 2. The number of carbonyl (C=O) groups is 2. The molecule has 0 bridgehead atoms. The Morgan fingerprint density at radius 2 is 1.95 bits per heavy atom. The van der Waals surface area contributed by atoms with Gasteiger partial charge in [-0.1, -0.05) is 26.7 Å². The van der Waals surface area contributed by atoms with Crippen molar-refractivity contribution in [1.29, 1.82) is 0 Å². The number of amides is 2. The second-order valence-corrected chi connectivity index (χ2v) is 5.32. The summed E-state index contributed by atoms with van der Waals surface area (Å²) in [5.74, 6) is -0.400. The van der Waals surface area contributed by atoms with E-state index < -0.39 is 12.1 Å². The van der Waals surface area contributed by atoms with Gasteiger partial charge >= 0.3 is 0 Å². The maximum absolute atomic E-state index is 12.2. The van der Waals surface area contributed by atoms with Gasteiger partial charge in [0.25, 0.3) is 0 Å². The van der Waals surface area contributed by atoms with E-state index in [4.69, 9.17) is 5.73 Å². The number of nitrogens with two attached hydrogens (primary N) is 1. The van der Waals surface area contributed by atoms with Crippen LogP contribution in [0.3, 0.4) is 0 Å². The lowest BCUT2D eigenvalue weighted by molar-refractivity contribution is -0.130. The smallest absolute Gasteiger partial charge is 0.243 e. The lowest BCUT2D eigenvalue weighted by atomic mass is 10.1. The fourth-order valence-electron chi connectivity index (χ4n) is 2.28. The Balaban J connectivity index is 2.49. The Bertz CT molecular complexity index is 316. The van der Waals surface area contributed by atoms with Crippen molar-refractivity contribution in [2.75, 3.05) is 6.54 Å². The number of rotatable bonds is 8. The number of nitrogens with one attached hydrogen (secondary N) is 2. The maximum atomic E-state index is 12.2. The zero-order valence-electron chi connectivity index (χ0n) is 12.5. The number of hydrogen-bond donors (Lipinski definition) is 3. The van der Waals surface area contributed by atoms with Gasteiger partial charge in [0.2, 0.25) is 11.8 Å². The van der Waals surface area contributed by atoms with Crippen LogP contribution in [0, 0.1) is 0 Å². The fourth-order valence-corrected chi connectivity index (χ4v) is 2.28. The Morgan fingerprint density at radius 3 is 2.50 bits per heavy atom. The first-order valence-electron chi connectivity index (χ1n) is 7.61. The van der Waals surface area contributed by atoms with Gasteiger partial charge in [-0.15, -0.1) is 0 Å². The molecule has 20 heavy (non-hydrogen) atoms. The van der Waals surface area contributed by atoms with Crippen LogP contribution < -0.4 is 21.7 Å². The summed E-state index contributed by atoms with van der Waals surface area (Å²) in [6.45, 7) is 4.76. The molecule has 1 heterocycles. The van der Waals surface area contributed by atoms with E-state index in [1.54, 1.807) is 0 Å². The third-order valence-electron chi connectivity index (χ3n) is 3.44. The summed E-state index contributed by atoms with van der Waals surface area (Å²) in [7, 11) is 0. The van der Waals surface area contributed by atoms with Crippen molar-refractivity contribution < 1.29 is 9.59 Å². The number of nitrogens with zero attached hydrogens (tertiary/aromatic N) is 1. The molecule has 3 unspecified atom stereocenters. The van der Waals surface area contributed by atoms with E-state index >= 15 is 0 Å². The highest BCUT2D eigenvalue weighted by Gasteiger charge is 2.25. The summed E-state index contributed by atoms with van der Waals surface area (Å²) in [4.78, 5) is 24.1. The summed E-state index contributed by atoms with van der Waals surface area (Å²) in [5, 5.41) is 9.93. The van der Waals surface area contributed by atoms with E-state index in [9.17, 15) is 9.59 Å². The van der Waals surface area contributed by atoms with Crippen LogP contribution in [0.5, 0.6) is 0 Å². The minimum atomic E-state index is -0.539. The second kappa shape index (κ2) is 8.92. The highest BCUT2D eigenvalue weighted by atomic mass is 16.2. The van der Waals surface area contributed by atoms with Crippen LogP contribution in [0.25, 0.3) is 0 Å². The molecule has 0 aliphatic carbocycles. The van der Waals surface area contributed by atoms with Crippen molar-refractivity contribution in [2.45, 2.75) is 70.6 Å². The summed E-state index contributed by atoms with van der Waals surface area (Å²) in [6, 6.07) is -1.05. The molecule has 115 valence electrons. The molecular formula is C14H27N4O2. The summed E-state index contributed by atoms with van der Waals surface area (Å²) in [5.41, 5.74) is 5.77. The highest BCUT2D eigenvalue weighted by molar-refractivity contribution is 5.89. The molecule has 1 aliphatic heterocycles. The predicted molar refractivity (Wildman–Crippen MR) is 77.9 cm³/mol. The minimum Gasteiger partial charge on any atom is -0.343 e. The first kappa shape index (κ1) is 16.9. The molecular weight excluding hydrogens is 256 g/mol. The van der Waals surface area contributed by atoms with Crippen LogP contribution in [-0.4, -0.2) is 36.6 Å². The zero-order chi connectivity index (χ0) is 15.0. The Kier molecular flexibility index (Phi) is 7.54. The van der Waals surface area contributed by atoms with E-state index in [1.807, 2.05) is 13.8 Å². The van der Waals surface area contributed by atoms with Crippen molar-refractivity contribution >= 4 is 11.8 Å². The van der Waals surface area contributed by atoms with Gasteiger partial charge in [0.1, 0.15) is 6.04 Å². The van der Waals surface area contributed by atoms with E-state index in [0.717, 1.165) is 32.2 Å². The lowest BCUT2D eigenvalue weighted by Crippen LogP contribution is -2.53. The molecule has 0 aromatic heterocycles. The van der Waals surface area contributed by atoms with Crippen molar-refractivity contribution in [1.82, 2.24) is 16.0 Å². The van der Waals surface area contributed by atoms with Crippen LogP contribution in [0.4, 0.5) is 0 Å². The van der Waals surface area contributed by atoms with E-state index in [0.29, 0.717) is 12.8 Å². The SMILES string of the molecule is CCCC(N)C(=O)NC(CCC)C(=O)NC1CCC[N]1. The van der Waals surface area contributed by atoms with Crippen molar-refractivity contribution in [3.05, 3.63) is 0 Å². The Hall–Kier alpha value is -1.14. The molecule has 1 fully saturated rings. The average molecular weight is 283 g/mol. The topological polar surface area (TPSA) is 98.3 Å². The monoisotopic (exact) mass is 283 g/mol. The summed E-state index contributed by atoms with van der Waals surface area (Å²) in [6.07, 6.45) is 4.71. The van der Waals surface area contributed by atoms with E-state index in [-0.39, 0.29) is 18.0 Å². The molecule has 0 saturated carbocycles. The second-order valence-electron chi connectivity index (χ2n) is 5.32. The summed E-state index contributed by atoms with van der Waals surface area (Å²) >= 11 is 0. The molecule has 6 nitrogen and oxygen atoms in total. The molecule has 1 saturated heterocycles. The molecule has 0 aromatic carbocycles. The quantitative estimate of drug-likeness (QED) is 0.595. The van der Waals surface area contributed by atoms with Crippen LogP contribution in [0.15, 0.2) is 0 Å². The lowest BCUT2D eigenvalue weighted by Gasteiger charge is -2.22. The van der Waals surface area contributed by atoms with Crippen LogP contribution in [-0.2, 0) is 9.59 Å². The van der Waals surface area contributed by atoms with Gasteiger partial charge in [-0.05, 0) is 25.7 Å². The van der Waals surface area contributed by atoms with Gasteiger partial charge in [-0.3, -0.25) is 9.59 Å². The third kappa shape index (κ3) is 5.46. The zero-order valence-corrected chi connectivity index (χ0v) is 12.5. The maximum Gasteiger partial charge on any atom is 0.243 e. The minimum absolute atomic E-state index is 0.0944. The average Bonchev–Trinajstić information content (AvgIpc) is 2.91. The van der Waals surface area contributed by atoms with Gasteiger partial charge < -0.3 is 16.4 Å². The van der Waals surface area contributed by atoms with Crippen LogP contribution in [0.2, 0.25) is 0 Å². The van der Waals surface area contributed by atoms with Crippen molar-refractivity contribution in [3.8, 4) is 0 Å². The van der Waals surface area contributed by atoms with Crippen LogP contribution in [0.1, 0.15) is 52.4 Å². The first-order chi connectivity index (χ1) is 9.58. The summed E-state index contributed by atoms with van der Waals surface area (Å²) < 4.78 is 0. The third-order valence-corrected chi connectivity index (χ3v) is 3.44. The predicted octanol–water partition coefficient (Wildman–Crippen LogP) is 0.239. The van der Waals surface area contributed by atoms with E-state index in [2.05, 4.69) is 16.0 Å². The molecule has 1 radical (unpaired) electrons. The molecule has 0 aromatic rings. The molecule has 0 spiro atoms. The molecule has 3 atom stereocenters. The fraction of sp³-hybridized carbons (Fsp3) is 0.857. The highest BCUT2D eigenvalue weighted by Crippen LogP contribution is 2.06. The van der Waals surface area contributed by atoms with Crippen molar-refractivity contribution in [3.63, 3.8) is 0 Å². The largest absolute Gasteiger partial charge is 0.343 e. The molecule has 4 N–H and O–H groups in total. The van der Waals surface area contributed by atoms with Gasteiger partial charge in [-0.2, -0.15) is 0 Å². The molecule has 1 rings (SSSR count). The Morgan fingerprint density at radius 1 is 1.25 bits per heavy atom. The first-order valence-corrected chi connectivity index (χ1v) is 7.61. The normalized spacial score (nSPS) is 21.2. The van der Waals surface area contributed by atoms with Gasteiger partial charge in [0.05, 0.1) is 12.2 Å². The van der Waals surface area contributed by atoms with E-state index in [1.165, 1.54) is 0 Å². The van der Waals surface area contributed by atoms with Gasteiger partial charge in [0.15, 0.2) is 0 Å². The molecule has 6 heteroatoms. The Labute approximate surface area is 121 Å². The van der Waals surface area contributed by atoms with Gasteiger partial charge in [0, 0.05) is 6.54 Å². The molecule has 1 aliphatic rings. The van der Waals surface area contributed by atoms with Crippen LogP contribution >= 0.6 is 0 Å². The number of hydrogen-bond acceptors (Lipinski definition) is 3. The standard InChI is InChI=1S/C14H27N4O2/c1-3-6-10(15)13(19)17-11(7-4-2)14(20)18-12-8-5-9-16-12/h10-12H,3-9,15H2,1-2H3,(H,17,19)(H,18,20). The van der Waals surface area contributed by atoms with Crippen molar-refractivity contribution in [2.24, 2.45) is 5.73 Å².